The van der Waals surface area contributed by atoms with Crippen molar-refractivity contribution in [3.63, 3.8) is 0 Å². The zero-order valence-corrected chi connectivity index (χ0v) is 8.33. The first-order chi connectivity index (χ1) is 5.22. The van der Waals surface area contributed by atoms with Gasteiger partial charge in [-0.1, -0.05) is 13.8 Å². The smallest absolute Gasteiger partial charge is 0.232 e. The summed E-state index contributed by atoms with van der Waals surface area (Å²) in [6, 6.07) is 0. The van der Waals surface area contributed by atoms with Crippen molar-refractivity contribution in [2.75, 3.05) is 12.3 Å². The molecular formula is C8H17NOS. The van der Waals surface area contributed by atoms with E-state index in [2.05, 4.69) is 19.2 Å². The standard InChI is InChI=1S/C8H17NOS/c1-4-6-9-8(10)7(3)11-5-2/h7H,4-6H2,1-3H3,(H,9,10)/t7-/m0/s1. The highest BCUT2D eigenvalue weighted by Crippen LogP contribution is 2.08. The van der Waals surface area contributed by atoms with Gasteiger partial charge in [0.25, 0.3) is 0 Å². The second-order valence-electron chi connectivity index (χ2n) is 2.39. The van der Waals surface area contributed by atoms with Gasteiger partial charge in [0, 0.05) is 6.54 Å². The highest BCUT2D eigenvalue weighted by molar-refractivity contribution is 8.00. The van der Waals surface area contributed by atoms with Gasteiger partial charge in [-0.05, 0) is 19.1 Å². The normalized spacial score (nSPS) is 12.6. The largest absolute Gasteiger partial charge is 0.355 e. The average Bonchev–Trinajstić information content (AvgIpc) is 2.00. The van der Waals surface area contributed by atoms with Crippen molar-refractivity contribution >= 4 is 17.7 Å². The summed E-state index contributed by atoms with van der Waals surface area (Å²) in [6.45, 7) is 6.86. The number of hydrogen-bond acceptors (Lipinski definition) is 2. The van der Waals surface area contributed by atoms with Gasteiger partial charge in [-0.15, -0.1) is 11.8 Å². The lowest BCUT2D eigenvalue weighted by atomic mass is 10.4. The molecule has 0 bridgehead atoms. The van der Waals surface area contributed by atoms with Crippen LogP contribution in [0.4, 0.5) is 0 Å². The van der Waals surface area contributed by atoms with E-state index in [1.165, 1.54) is 0 Å². The van der Waals surface area contributed by atoms with E-state index in [9.17, 15) is 4.79 Å². The molecule has 0 heterocycles. The Hall–Kier alpha value is -0.180. The number of thioether (sulfide) groups is 1. The summed E-state index contributed by atoms with van der Waals surface area (Å²) in [7, 11) is 0. The van der Waals surface area contributed by atoms with Crippen molar-refractivity contribution in [3.8, 4) is 0 Å². The third-order valence-corrected chi connectivity index (χ3v) is 2.38. The van der Waals surface area contributed by atoms with Gasteiger partial charge in [0.2, 0.25) is 5.91 Å². The predicted octanol–water partition coefficient (Wildman–Crippen LogP) is 1.65. The molecule has 66 valence electrons. The zero-order chi connectivity index (χ0) is 8.69. The molecule has 0 saturated carbocycles. The minimum atomic E-state index is 0.103. The summed E-state index contributed by atoms with van der Waals surface area (Å²) in [5.41, 5.74) is 0. The van der Waals surface area contributed by atoms with Crippen molar-refractivity contribution in [2.45, 2.75) is 32.4 Å². The lowest BCUT2D eigenvalue weighted by molar-refractivity contribution is -0.120. The van der Waals surface area contributed by atoms with Crippen LogP contribution in [0.1, 0.15) is 27.2 Å². The molecule has 11 heavy (non-hydrogen) atoms. The summed E-state index contributed by atoms with van der Waals surface area (Å²) in [5, 5.41) is 2.96. The van der Waals surface area contributed by atoms with Gasteiger partial charge in [-0.25, -0.2) is 0 Å². The predicted molar refractivity (Wildman–Crippen MR) is 50.9 cm³/mol. The Morgan fingerprint density at radius 2 is 2.18 bits per heavy atom. The van der Waals surface area contributed by atoms with Gasteiger partial charge < -0.3 is 5.32 Å². The van der Waals surface area contributed by atoms with Gasteiger partial charge in [0.15, 0.2) is 0 Å². The molecule has 3 heteroatoms. The Morgan fingerprint density at radius 3 is 2.64 bits per heavy atom. The summed E-state index contributed by atoms with van der Waals surface area (Å²) >= 11 is 1.68. The van der Waals surface area contributed by atoms with Crippen LogP contribution < -0.4 is 5.32 Å². The first-order valence-corrected chi connectivity index (χ1v) is 5.16. The van der Waals surface area contributed by atoms with E-state index in [-0.39, 0.29) is 11.2 Å². The van der Waals surface area contributed by atoms with Gasteiger partial charge in [-0.3, -0.25) is 4.79 Å². The third-order valence-electron chi connectivity index (χ3n) is 1.34. The molecule has 0 aromatic rings. The van der Waals surface area contributed by atoms with Crippen LogP contribution in [0.2, 0.25) is 0 Å². The van der Waals surface area contributed by atoms with Crippen LogP contribution in [0.25, 0.3) is 0 Å². The van der Waals surface area contributed by atoms with Gasteiger partial charge >= 0.3 is 0 Å². The van der Waals surface area contributed by atoms with E-state index >= 15 is 0 Å². The third kappa shape index (κ3) is 5.13. The van der Waals surface area contributed by atoms with Crippen molar-refractivity contribution in [1.82, 2.24) is 5.32 Å². The SMILES string of the molecule is CCCNC(=O)[C@H](C)SCC. The molecule has 1 atom stereocenters. The van der Waals surface area contributed by atoms with Crippen LogP contribution in [0.5, 0.6) is 0 Å². The van der Waals surface area contributed by atoms with E-state index in [1.54, 1.807) is 11.8 Å². The lowest BCUT2D eigenvalue weighted by Gasteiger charge is -2.09. The fraction of sp³-hybridized carbons (Fsp3) is 0.875. The van der Waals surface area contributed by atoms with E-state index in [0.29, 0.717) is 0 Å². The number of carbonyl (C=O) groups excluding carboxylic acids is 1. The van der Waals surface area contributed by atoms with E-state index in [4.69, 9.17) is 0 Å². The maximum absolute atomic E-state index is 11.2. The maximum Gasteiger partial charge on any atom is 0.232 e. The fourth-order valence-electron chi connectivity index (χ4n) is 0.718. The minimum absolute atomic E-state index is 0.103. The highest BCUT2D eigenvalue weighted by atomic mass is 32.2. The number of nitrogens with one attached hydrogen (secondary N) is 1. The van der Waals surface area contributed by atoms with E-state index in [1.807, 2.05) is 6.92 Å². The molecular weight excluding hydrogens is 158 g/mol. The molecule has 2 nitrogen and oxygen atoms in total. The second-order valence-corrected chi connectivity index (χ2v) is 4.01. The second kappa shape index (κ2) is 6.53. The summed E-state index contributed by atoms with van der Waals surface area (Å²) in [4.78, 5) is 11.2. The quantitative estimate of drug-likeness (QED) is 0.688. The molecule has 0 aliphatic carbocycles. The fourth-order valence-corrected chi connectivity index (χ4v) is 1.45. The molecule has 1 N–H and O–H groups in total. The molecule has 0 aromatic heterocycles. The van der Waals surface area contributed by atoms with Crippen LogP contribution in [0, 0.1) is 0 Å². The molecule has 1 amide bonds. The molecule has 0 saturated heterocycles. The summed E-state index contributed by atoms with van der Waals surface area (Å²) < 4.78 is 0. The summed E-state index contributed by atoms with van der Waals surface area (Å²) in [5.74, 6) is 1.17. The van der Waals surface area contributed by atoms with Gasteiger partial charge in [0.1, 0.15) is 0 Å². The Morgan fingerprint density at radius 1 is 1.55 bits per heavy atom. The number of hydrogen-bond donors (Lipinski definition) is 1. The van der Waals surface area contributed by atoms with E-state index in [0.717, 1.165) is 18.7 Å². The first kappa shape index (κ1) is 10.8. The number of amides is 1. The van der Waals surface area contributed by atoms with Crippen LogP contribution in [-0.4, -0.2) is 23.5 Å². The molecule has 0 aliphatic rings. The van der Waals surface area contributed by atoms with E-state index < -0.39 is 0 Å². The molecule has 0 spiro atoms. The monoisotopic (exact) mass is 175 g/mol. The summed E-state index contributed by atoms with van der Waals surface area (Å²) in [6.07, 6.45) is 1.01. The lowest BCUT2D eigenvalue weighted by Crippen LogP contribution is -2.31. The Balaban J connectivity index is 3.47. The van der Waals surface area contributed by atoms with Gasteiger partial charge in [0.05, 0.1) is 5.25 Å². The number of carbonyl (C=O) groups is 1. The van der Waals surface area contributed by atoms with Crippen molar-refractivity contribution in [1.29, 1.82) is 0 Å². The maximum atomic E-state index is 11.2. The van der Waals surface area contributed by atoms with Crippen molar-refractivity contribution < 1.29 is 4.79 Å². The van der Waals surface area contributed by atoms with Crippen LogP contribution in [-0.2, 0) is 4.79 Å². The molecule has 0 aromatic carbocycles. The molecule has 0 fully saturated rings. The Bertz CT molecular complexity index is 117. The molecule has 0 rings (SSSR count). The molecule has 0 unspecified atom stereocenters. The zero-order valence-electron chi connectivity index (χ0n) is 7.52. The Labute approximate surface area is 73.1 Å². The average molecular weight is 175 g/mol. The molecule has 0 aliphatic heterocycles. The highest BCUT2D eigenvalue weighted by Gasteiger charge is 2.09. The Kier molecular flexibility index (Phi) is 6.42. The van der Waals surface area contributed by atoms with Gasteiger partial charge in [-0.2, -0.15) is 0 Å². The molecule has 0 radical (unpaired) electrons. The van der Waals surface area contributed by atoms with Crippen LogP contribution in [0.3, 0.4) is 0 Å². The number of rotatable bonds is 5. The van der Waals surface area contributed by atoms with Crippen molar-refractivity contribution in [3.05, 3.63) is 0 Å². The van der Waals surface area contributed by atoms with Crippen LogP contribution in [0.15, 0.2) is 0 Å². The minimum Gasteiger partial charge on any atom is -0.355 e. The first-order valence-electron chi connectivity index (χ1n) is 4.11. The topological polar surface area (TPSA) is 29.1 Å². The van der Waals surface area contributed by atoms with Crippen LogP contribution >= 0.6 is 11.8 Å². The van der Waals surface area contributed by atoms with Crippen molar-refractivity contribution in [2.24, 2.45) is 0 Å².